The van der Waals surface area contributed by atoms with Crippen molar-refractivity contribution in [1.82, 2.24) is 14.6 Å². The first-order valence-electron chi connectivity index (χ1n) is 9.43. The van der Waals surface area contributed by atoms with Crippen molar-refractivity contribution in [3.8, 4) is 0 Å². The van der Waals surface area contributed by atoms with Crippen molar-refractivity contribution in [3.63, 3.8) is 0 Å². The fourth-order valence-electron chi connectivity index (χ4n) is 3.30. The summed E-state index contributed by atoms with van der Waals surface area (Å²) >= 11 is 0. The van der Waals surface area contributed by atoms with Gasteiger partial charge in [0.15, 0.2) is 0 Å². The van der Waals surface area contributed by atoms with E-state index in [1.807, 2.05) is 0 Å². The molecule has 1 aromatic heterocycles. The average Bonchev–Trinajstić information content (AvgIpc) is 3.28. The van der Waals surface area contributed by atoms with Crippen LogP contribution in [0.4, 0.5) is 13.2 Å². The van der Waals surface area contributed by atoms with Crippen molar-refractivity contribution in [1.29, 1.82) is 0 Å². The summed E-state index contributed by atoms with van der Waals surface area (Å²) in [5, 5.41) is 9.60. The van der Waals surface area contributed by atoms with Gasteiger partial charge in [-0.15, -0.1) is 0 Å². The van der Waals surface area contributed by atoms with Crippen LogP contribution in [0.3, 0.4) is 0 Å². The maximum Gasteiger partial charge on any atom is 0.490 e. The van der Waals surface area contributed by atoms with Crippen molar-refractivity contribution in [2.45, 2.75) is 31.4 Å². The van der Waals surface area contributed by atoms with Gasteiger partial charge in [-0.05, 0) is 26.0 Å². The van der Waals surface area contributed by atoms with Crippen LogP contribution in [-0.4, -0.2) is 78.5 Å². The van der Waals surface area contributed by atoms with Gasteiger partial charge in [-0.1, -0.05) is 0 Å². The Morgan fingerprint density at radius 2 is 2.00 bits per heavy atom. The number of aliphatic carboxylic acids is 1. The lowest BCUT2D eigenvalue weighted by atomic mass is 9.93. The fraction of sp³-hybridized carbons (Fsp3) is 0.611. The molecule has 3 heterocycles. The highest BCUT2D eigenvalue weighted by Crippen LogP contribution is 2.35. The van der Waals surface area contributed by atoms with Crippen LogP contribution in [-0.2, 0) is 19.6 Å². The fourth-order valence-corrected chi connectivity index (χ4v) is 4.63. The monoisotopic (exact) mass is 467 g/mol. The van der Waals surface area contributed by atoms with E-state index in [9.17, 15) is 26.4 Å². The van der Waals surface area contributed by atoms with Crippen LogP contribution in [0.2, 0.25) is 0 Å². The molecule has 0 saturated carbocycles. The summed E-state index contributed by atoms with van der Waals surface area (Å²) in [5.41, 5.74) is 0.517. The Bertz CT molecular complexity index is 879. The van der Waals surface area contributed by atoms with Crippen molar-refractivity contribution >= 4 is 21.9 Å². The molecule has 0 spiro atoms. The zero-order valence-electron chi connectivity index (χ0n) is 16.9. The minimum Gasteiger partial charge on any atom is -0.475 e. The van der Waals surface area contributed by atoms with E-state index in [0.29, 0.717) is 31.8 Å². The Balaban J connectivity index is 0.000000423. The third-order valence-electron chi connectivity index (χ3n) is 5.05. The molecule has 1 amide bonds. The standard InChI is InChI=1S/C16H23N3O4S.C2HF3O2/c1-11(2)24(21,22)19-8-14-13(10-23-15(14)9-19)7-18-16(20)12-4-3-5-17-6-12;3-2(4,5)1(6)7/h3-6,11,13-15H,7-10H2,1-2H3,(H,18,20);(H,6,7)/t13-,14+,15+;/m0./s1. The molecular weight excluding hydrogens is 443 g/mol. The smallest absolute Gasteiger partial charge is 0.475 e. The lowest BCUT2D eigenvalue weighted by molar-refractivity contribution is -0.192. The molecule has 13 heteroatoms. The number of aromatic nitrogens is 1. The van der Waals surface area contributed by atoms with Gasteiger partial charge in [0.1, 0.15) is 0 Å². The second kappa shape index (κ2) is 9.92. The molecule has 2 aliphatic rings. The van der Waals surface area contributed by atoms with Crippen LogP contribution in [0.5, 0.6) is 0 Å². The molecule has 2 fully saturated rings. The summed E-state index contributed by atoms with van der Waals surface area (Å²) in [4.78, 5) is 24.9. The zero-order chi connectivity index (χ0) is 23.4. The molecule has 2 N–H and O–H groups in total. The number of ether oxygens (including phenoxy) is 1. The van der Waals surface area contributed by atoms with Gasteiger partial charge in [0.25, 0.3) is 5.91 Å². The quantitative estimate of drug-likeness (QED) is 0.665. The molecule has 9 nitrogen and oxygen atoms in total. The first-order chi connectivity index (χ1) is 14.3. The molecular formula is C18H24F3N3O6S. The van der Waals surface area contributed by atoms with E-state index in [1.54, 1.807) is 32.2 Å². The SMILES string of the molecule is CC(C)S(=O)(=O)N1C[C@@H]2[C@@H](CNC(=O)c3cccnc3)CO[C@@H]2C1.O=C(O)C(F)(F)F. The predicted octanol–water partition coefficient (Wildman–Crippen LogP) is 1.13. The number of carbonyl (C=O) groups excluding carboxylic acids is 1. The first kappa shape index (κ1) is 25.0. The number of hydrogen-bond donors (Lipinski definition) is 2. The average molecular weight is 467 g/mol. The third kappa shape index (κ3) is 6.37. The van der Waals surface area contributed by atoms with Gasteiger partial charge in [0.05, 0.1) is 23.5 Å². The number of rotatable bonds is 5. The molecule has 2 aliphatic heterocycles. The number of hydrogen-bond acceptors (Lipinski definition) is 6. The number of nitrogens with zero attached hydrogens (tertiary/aromatic N) is 2. The summed E-state index contributed by atoms with van der Waals surface area (Å²) in [5.74, 6) is -2.67. The number of nitrogens with one attached hydrogen (secondary N) is 1. The topological polar surface area (TPSA) is 126 Å². The van der Waals surface area contributed by atoms with Crippen LogP contribution < -0.4 is 5.32 Å². The second-order valence-corrected chi connectivity index (χ2v) is 9.95. The Hall–Kier alpha value is -2.25. The minimum atomic E-state index is -5.08. The molecule has 1 aromatic rings. The van der Waals surface area contributed by atoms with Gasteiger partial charge in [-0.3, -0.25) is 9.78 Å². The van der Waals surface area contributed by atoms with Crippen LogP contribution in [0.1, 0.15) is 24.2 Å². The van der Waals surface area contributed by atoms with Crippen LogP contribution in [0.15, 0.2) is 24.5 Å². The Morgan fingerprint density at radius 3 is 2.52 bits per heavy atom. The summed E-state index contributed by atoms with van der Waals surface area (Å²) in [6.45, 7) is 5.30. The molecule has 0 unspecified atom stereocenters. The van der Waals surface area contributed by atoms with Gasteiger partial charge in [0.2, 0.25) is 10.0 Å². The number of carboxylic acids is 1. The van der Waals surface area contributed by atoms with Gasteiger partial charge in [0, 0.05) is 43.9 Å². The minimum absolute atomic E-state index is 0.0705. The molecule has 0 radical (unpaired) electrons. The first-order valence-corrected chi connectivity index (χ1v) is 10.9. The highest BCUT2D eigenvalue weighted by atomic mass is 32.2. The normalized spacial score (nSPS) is 23.7. The number of pyridine rings is 1. The summed E-state index contributed by atoms with van der Waals surface area (Å²) in [6, 6.07) is 3.43. The van der Waals surface area contributed by atoms with E-state index in [1.165, 1.54) is 10.5 Å². The molecule has 3 rings (SSSR count). The zero-order valence-corrected chi connectivity index (χ0v) is 17.7. The predicted molar refractivity (Wildman–Crippen MR) is 103 cm³/mol. The van der Waals surface area contributed by atoms with E-state index >= 15 is 0 Å². The number of halogens is 3. The number of sulfonamides is 1. The second-order valence-electron chi connectivity index (χ2n) is 7.46. The number of alkyl halides is 3. The van der Waals surface area contributed by atoms with E-state index in [4.69, 9.17) is 14.6 Å². The largest absolute Gasteiger partial charge is 0.490 e. The summed E-state index contributed by atoms with van der Waals surface area (Å²) < 4.78 is 63.7. The van der Waals surface area contributed by atoms with E-state index in [-0.39, 0.29) is 23.8 Å². The van der Waals surface area contributed by atoms with Crippen LogP contribution in [0, 0.1) is 11.8 Å². The lowest BCUT2D eigenvalue weighted by Crippen LogP contribution is -2.37. The van der Waals surface area contributed by atoms with E-state index in [2.05, 4.69) is 10.3 Å². The molecule has 3 atom stereocenters. The molecule has 0 aromatic carbocycles. The van der Waals surface area contributed by atoms with E-state index in [0.717, 1.165) is 0 Å². The van der Waals surface area contributed by atoms with Crippen molar-refractivity contribution in [2.24, 2.45) is 11.8 Å². The van der Waals surface area contributed by atoms with Crippen LogP contribution in [0.25, 0.3) is 0 Å². The molecule has 2 saturated heterocycles. The van der Waals surface area contributed by atoms with Crippen LogP contribution >= 0.6 is 0 Å². The number of carbonyl (C=O) groups is 2. The number of carboxylic acid groups (broad SMARTS) is 1. The van der Waals surface area contributed by atoms with Gasteiger partial charge in [-0.25, -0.2) is 13.2 Å². The number of amides is 1. The highest BCUT2D eigenvalue weighted by molar-refractivity contribution is 7.89. The van der Waals surface area contributed by atoms with Gasteiger partial charge in [-0.2, -0.15) is 17.5 Å². The number of fused-ring (bicyclic) bond motifs is 1. The summed E-state index contributed by atoms with van der Waals surface area (Å²) in [6.07, 6.45) is -2.01. The molecule has 0 bridgehead atoms. The van der Waals surface area contributed by atoms with Gasteiger partial charge >= 0.3 is 12.1 Å². The Kier molecular flexibility index (Phi) is 8.00. The molecule has 0 aliphatic carbocycles. The summed E-state index contributed by atoms with van der Waals surface area (Å²) in [7, 11) is -3.26. The van der Waals surface area contributed by atoms with Gasteiger partial charge < -0.3 is 15.2 Å². The maximum absolute atomic E-state index is 12.3. The highest BCUT2D eigenvalue weighted by Gasteiger charge is 2.47. The molecule has 31 heavy (non-hydrogen) atoms. The molecule has 174 valence electrons. The van der Waals surface area contributed by atoms with Crippen molar-refractivity contribution < 1.29 is 41.0 Å². The van der Waals surface area contributed by atoms with Crippen molar-refractivity contribution in [2.75, 3.05) is 26.2 Å². The Morgan fingerprint density at radius 1 is 1.35 bits per heavy atom. The Labute approximate surface area is 177 Å². The lowest BCUT2D eigenvalue weighted by Gasteiger charge is -2.21. The maximum atomic E-state index is 12.3. The van der Waals surface area contributed by atoms with E-state index < -0.39 is 27.4 Å². The van der Waals surface area contributed by atoms with Crippen molar-refractivity contribution in [3.05, 3.63) is 30.1 Å². The third-order valence-corrected chi connectivity index (χ3v) is 7.26.